The van der Waals surface area contributed by atoms with E-state index in [1.165, 1.54) is 0 Å². The van der Waals surface area contributed by atoms with E-state index in [0.717, 1.165) is 29.5 Å². The summed E-state index contributed by atoms with van der Waals surface area (Å²) in [5.74, 6) is -0.957. The highest BCUT2D eigenvalue weighted by Crippen LogP contribution is 2.31. The van der Waals surface area contributed by atoms with E-state index in [1.807, 2.05) is 6.07 Å². The van der Waals surface area contributed by atoms with Gasteiger partial charge in [-0.25, -0.2) is 4.79 Å². The van der Waals surface area contributed by atoms with Gasteiger partial charge in [-0.1, -0.05) is 17.3 Å². The van der Waals surface area contributed by atoms with Crippen molar-refractivity contribution in [2.75, 3.05) is 0 Å². The SMILES string of the molecule is O=C(O)c1cccc2c3c([nH]c12)CCC/C3=N\O. The lowest BCUT2D eigenvalue weighted by Gasteiger charge is -2.12. The van der Waals surface area contributed by atoms with Crippen molar-refractivity contribution in [1.29, 1.82) is 0 Å². The second-order valence-corrected chi connectivity index (χ2v) is 4.41. The molecule has 3 N–H and O–H groups in total. The number of aryl methyl sites for hydroxylation is 1. The lowest BCUT2D eigenvalue weighted by atomic mass is 9.93. The zero-order chi connectivity index (χ0) is 12.7. The minimum absolute atomic E-state index is 0.249. The quantitative estimate of drug-likeness (QED) is 0.531. The van der Waals surface area contributed by atoms with Crippen molar-refractivity contribution in [3.63, 3.8) is 0 Å². The molecule has 0 saturated carbocycles. The third-order valence-electron chi connectivity index (χ3n) is 3.39. The predicted octanol–water partition coefficient (Wildman–Crippen LogP) is 2.38. The number of carboxylic acid groups (broad SMARTS) is 1. The van der Waals surface area contributed by atoms with E-state index in [2.05, 4.69) is 10.1 Å². The summed E-state index contributed by atoms with van der Waals surface area (Å²) in [5, 5.41) is 22.4. The number of benzene rings is 1. The summed E-state index contributed by atoms with van der Waals surface area (Å²) in [6.07, 6.45) is 2.47. The van der Waals surface area contributed by atoms with Crippen LogP contribution in [0, 0.1) is 0 Å². The zero-order valence-corrected chi connectivity index (χ0v) is 9.60. The molecule has 2 aromatic rings. The average Bonchev–Trinajstić information content (AvgIpc) is 2.76. The van der Waals surface area contributed by atoms with Gasteiger partial charge in [-0.3, -0.25) is 0 Å². The van der Waals surface area contributed by atoms with Crippen LogP contribution in [0.4, 0.5) is 0 Å². The molecule has 0 bridgehead atoms. The van der Waals surface area contributed by atoms with Gasteiger partial charge in [0.05, 0.1) is 16.8 Å². The van der Waals surface area contributed by atoms with Gasteiger partial charge in [0, 0.05) is 16.6 Å². The Balaban J connectivity index is 2.37. The molecule has 0 atom stereocenters. The van der Waals surface area contributed by atoms with Crippen molar-refractivity contribution in [3.8, 4) is 0 Å². The van der Waals surface area contributed by atoms with Gasteiger partial charge in [0.1, 0.15) is 0 Å². The highest BCUT2D eigenvalue weighted by molar-refractivity contribution is 6.15. The van der Waals surface area contributed by atoms with Crippen LogP contribution in [0.25, 0.3) is 10.9 Å². The van der Waals surface area contributed by atoms with E-state index in [4.69, 9.17) is 10.3 Å². The van der Waals surface area contributed by atoms with Gasteiger partial charge >= 0.3 is 5.97 Å². The first-order valence-corrected chi connectivity index (χ1v) is 5.80. The van der Waals surface area contributed by atoms with Crippen LogP contribution in [0.1, 0.15) is 34.5 Å². The summed E-state index contributed by atoms with van der Waals surface area (Å²) < 4.78 is 0. The summed E-state index contributed by atoms with van der Waals surface area (Å²) in [6, 6.07) is 5.14. The molecule has 5 nitrogen and oxygen atoms in total. The number of carboxylic acids is 1. The number of fused-ring (bicyclic) bond motifs is 3. The maximum Gasteiger partial charge on any atom is 0.337 e. The van der Waals surface area contributed by atoms with Gasteiger partial charge in [-0.15, -0.1) is 0 Å². The Morgan fingerprint density at radius 2 is 2.17 bits per heavy atom. The standard InChI is InChI=1S/C13H12N2O3/c16-13(17)8-4-1-3-7-11-9(14-12(7)8)5-2-6-10(11)15-18/h1,3-4,14,18H,2,5-6H2,(H,16,17)/b15-10+. The number of para-hydroxylation sites is 1. The molecule has 0 unspecified atom stereocenters. The van der Waals surface area contributed by atoms with E-state index >= 15 is 0 Å². The maximum absolute atomic E-state index is 11.2. The Hall–Kier alpha value is -2.30. The average molecular weight is 244 g/mol. The topological polar surface area (TPSA) is 85.7 Å². The molecule has 1 aromatic heterocycles. The second kappa shape index (κ2) is 3.87. The molecule has 0 fully saturated rings. The Kier molecular flexibility index (Phi) is 2.33. The normalized spacial score (nSPS) is 17.0. The molecular formula is C13H12N2O3. The van der Waals surface area contributed by atoms with E-state index < -0.39 is 5.97 Å². The number of H-pyrrole nitrogens is 1. The Morgan fingerprint density at radius 1 is 1.33 bits per heavy atom. The number of nitrogens with zero attached hydrogens (tertiary/aromatic N) is 1. The van der Waals surface area contributed by atoms with Crippen molar-refractivity contribution in [1.82, 2.24) is 4.98 Å². The summed E-state index contributed by atoms with van der Waals surface area (Å²) in [5.41, 5.74) is 3.31. The van der Waals surface area contributed by atoms with E-state index in [0.29, 0.717) is 17.6 Å². The summed E-state index contributed by atoms with van der Waals surface area (Å²) >= 11 is 0. The number of aromatic amines is 1. The van der Waals surface area contributed by atoms with E-state index in [9.17, 15) is 4.79 Å². The molecule has 1 aromatic carbocycles. The molecule has 1 aliphatic carbocycles. The molecule has 1 aliphatic rings. The first kappa shape index (κ1) is 10.8. The summed E-state index contributed by atoms with van der Waals surface area (Å²) in [6.45, 7) is 0. The summed E-state index contributed by atoms with van der Waals surface area (Å²) in [4.78, 5) is 14.3. The van der Waals surface area contributed by atoms with Gasteiger partial charge in [0.25, 0.3) is 0 Å². The molecule has 0 spiro atoms. The number of aromatic carboxylic acids is 1. The Morgan fingerprint density at radius 3 is 2.89 bits per heavy atom. The van der Waals surface area contributed by atoms with Crippen molar-refractivity contribution in [2.45, 2.75) is 19.3 Å². The molecule has 18 heavy (non-hydrogen) atoms. The molecule has 0 radical (unpaired) electrons. The first-order chi connectivity index (χ1) is 8.72. The van der Waals surface area contributed by atoms with Crippen molar-refractivity contribution >= 4 is 22.6 Å². The third-order valence-corrected chi connectivity index (χ3v) is 3.39. The predicted molar refractivity (Wildman–Crippen MR) is 66.5 cm³/mol. The molecule has 1 heterocycles. The van der Waals surface area contributed by atoms with Crippen molar-refractivity contribution in [3.05, 3.63) is 35.0 Å². The second-order valence-electron chi connectivity index (χ2n) is 4.41. The number of carbonyl (C=O) groups is 1. The minimum Gasteiger partial charge on any atom is -0.478 e. The van der Waals surface area contributed by atoms with Gasteiger partial charge in [-0.05, 0) is 25.3 Å². The van der Waals surface area contributed by atoms with Crippen LogP contribution in [0.3, 0.4) is 0 Å². The fraction of sp³-hybridized carbons (Fsp3) is 0.231. The van der Waals surface area contributed by atoms with Crippen molar-refractivity contribution in [2.24, 2.45) is 5.16 Å². The fourth-order valence-electron chi connectivity index (χ4n) is 2.62. The van der Waals surface area contributed by atoms with Crippen LogP contribution in [-0.2, 0) is 6.42 Å². The molecule has 5 heteroatoms. The highest BCUT2D eigenvalue weighted by Gasteiger charge is 2.23. The van der Waals surface area contributed by atoms with Gasteiger partial charge in [0.15, 0.2) is 0 Å². The number of hydrogen-bond acceptors (Lipinski definition) is 3. The Labute approximate surface area is 103 Å². The number of nitrogens with one attached hydrogen (secondary N) is 1. The van der Waals surface area contributed by atoms with Gasteiger partial charge < -0.3 is 15.3 Å². The molecule has 0 amide bonds. The molecule has 3 rings (SSSR count). The van der Waals surface area contributed by atoms with Crippen LogP contribution in [0.2, 0.25) is 0 Å². The highest BCUT2D eigenvalue weighted by atomic mass is 16.4. The van der Waals surface area contributed by atoms with Crippen LogP contribution in [0.5, 0.6) is 0 Å². The minimum atomic E-state index is -0.957. The van der Waals surface area contributed by atoms with E-state index in [-0.39, 0.29) is 5.56 Å². The number of rotatable bonds is 1. The number of oxime groups is 1. The smallest absolute Gasteiger partial charge is 0.337 e. The van der Waals surface area contributed by atoms with E-state index in [1.54, 1.807) is 12.1 Å². The lowest BCUT2D eigenvalue weighted by Crippen LogP contribution is -2.10. The molecule has 0 aliphatic heterocycles. The van der Waals surface area contributed by atoms with Crippen LogP contribution in [-0.4, -0.2) is 27.0 Å². The van der Waals surface area contributed by atoms with Gasteiger partial charge in [-0.2, -0.15) is 0 Å². The number of hydrogen-bond donors (Lipinski definition) is 3. The molecule has 0 saturated heterocycles. The van der Waals surface area contributed by atoms with Crippen LogP contribution >= 0.6 is 0 Å². The maximum atomic E-state index is 11.2. The monoisotopic (exact) mass is 244 g/mol. The van der Waals surface area contributed by atoms with Crippen molar-refractivity contribution < 1.29 is 15.1 Å². The van der Waals surface area contributed by atoms with Gasteiger partial charge in [0.2, 0.25) is 0 Å². The number of aromatic nitrogens is 1. The summed E-state index contributed by atoms with van der Waals surface area (Å²) in [7, 11) is 0. The zero-order valence-electron chi connectivity index (χ0n) is 9.60. The van der Waals surface area contributed by atoms with Crippen LogP contribution in [0.15, 0.2) is 23.4 Å². The molecular weight excluding hydrogens is 232 g/mol. The third kappa shape index (κ3) is 1.40. The first-order valence-electron chi connectivity index (χ1n) is 5.80. The largest absolute Gasteiger partial charge is 0.478 e. The molecule has 92 valence electrons. The lowest BCUT2D eigenvalue weighted by molar-refractivity contribution is 0.0699. The van der Waals surface area contributed by atoms with Crippen LogP contribution < -0.4 is 0 Å². The Bertz CT molecular complexity index is 670. The fourth-order valence-corrected chi connectivity index (χ4v) is 2.62.